The normalized spacial score (nSPS) is 19.8. The van der Waals surface area contributed by atoms with E-state index in [-0.39, 0.29) is 7.12 Å². The Morgan fingerprint density at radius 1 is 1.44 bits per heavy atom. The molecule has 1 saturated heterocycles. The van der Waals surface area contributed by atoms with E-state index >= 15 is 0 Å². The first-order valence-electron chi connectivity index (χ1n) is 3.27. The average Bonchev–Trinajstić information content (AvgIpc) is 1.91. The second kappa shape index (κ2) is 3.69. The van der Waals surface area contributed by atoms with Gasteiger partial charge in [-0.05, 0) is 12.7 Å². The zero-order valence-corrected chi connectivity index (χ0v) is 5.51. The molecule has 3 heteroatoms. The average molecular weight is 126 g/mol. The van der Waals surface area contributed by atoms with Crippen LogP contribution >= 0.6 is 0 Å². The molecule has 0 saturated carbocycles. The highest BCUT2D eigenvalue weighted by Crippen LogP contribution is 2.04. The van der Waals surface area contributed by atoms with E-state index in [2.05, 4.69) is 6.58 Å². The van der Waals surface area contributed by atoms with Crippen molar-refractivity contribution in [1.82, 2.24) is 0 Å². The minimum absolute atomic E-state index is 0.0174. The van der Waals surface area contributed by atoms with Crippen LogP contribution in [0.25, 0.3) is 0 Å². The predicted octanol–water partition coefficient (Wildman–Crippen LogP) is 1.10. The minimum atomic E-state index is -0.0174. The van der Waals surface area contributed by atoms with Gasteiger partial charge in [-0.3, -0.25) is 0 Å². The maximum atomic E-state index is 5.22. The molecule has 0 aromatic rings. The fourth-order valence-corrected chi connectivity index (χ4v) is 0.809. The quantitative estimate of drug-likeness (QED) is 0.407. The molecule has 1 heterocycles. The van der Waals surface area contributed by atoms with Crippen molar-refractivity contribution in [2.24, 2.45) is 0 Å². The molecule has 0 aromatic carbocycles. The number of hydrogen-bond donors (Lipinski definition) is 0. The summed E-state index contributed by atoms with van der Waals surface area (Å²) in [6.45, 7) is 5.26. The summed E-state index contributed by atoms with van der Waals surface area (Å²) >= 11 is 0. The topological polar surface area (TPSA) is 18.5 Å². The fraction of sp³-hybridized carbons (Fsp3) is 0.667. The Kier molecular flexibility index (Phi) is 2.81. The Balaban J connectivity index is 2.15. The number of hydrogen-bond acceptors (Lipinski definition) is 2. The van der Waals surface area contributed by atoms with Gasteiger partial charge in [0.2, 0.25) is 0 Å². The molecule has 0 radical (unpaired) electrons. The maximum absolute atomic E-state index is 5.22. The zero-order valence-electron chi connectivity index (χ0n) is 5.51. The molecular weight excluding hydrogens is 115 g/mol. The lowest BCUT2D eigenvalue weighted by Crippen LogP contribution is -2.28. The Bertz CT molecular complexity index is 89.1. The molecule has 1 rings (SSSR count). The molecule has 0 atom stereocenters. The van der Waals surface area contributed by atoms with Gasteiger partial charge in [0.15, 0.2) is 0 Å². The van der Waals surface area contributed by atoms with E-state index in [4.69, 9.17) is 9.31 Å². The van der Waals surface area contributed by atoms with Crippen molar-refractivity contribution >= 4 is 7.12 Å². The number of rotatable bonds is 2. The third-order valence-electron chi connectivity index (χ3n) is 1.26. The molecule has 2 nitrogen and oxygen atoms in total. The lowest BCUT2D eigenvalue weighted by Gasteiger charge is -2.18. The lowest BCUT2D eigenvalue weighted by molar-refractivity contribution is 0.136. The van der Waals surface area contributed by atoms with Gasteiger partial charge in [0.25, 0.3) is 0 Å². The van der Waals surface area contributed by atoms with Gasteiger partial charge in [-0.2, -0.15) is 0 Å². The SMILES string of the molecule is C=CCB1OCCCO1. The molecule has 0 amide bonds. The second-order valence-electron chi connectivity index (χ2n) is 2.05. The molecule has 0 unspecified atom stereocenters. The summed E-state index contributed by atoms with van der Waals surface area (Å²) in [6.07, 6.45) is 3.64. The first kappa shape index (κ1) is 6.84. The summed E-state index contributed by atoms with van der Waals surface area (Å²) < 4.78 is 10.4. The van der Waals surface area contributed by atoms with Crippen LogP contribution in [0.5, 0.6) is 0 Å². The third-order valence-corrected chi connectivity index (χ3v) is 1.26. The summed E-state index contributed by atoms with van der Waals surface area (Å²) in [5.74, 6) is 0. The van der Waals surface area contributed by atoms with Crippen LogP contribution in [-0.4, -0.2) is 20.3 Å². The first-order chi connectivity index (χ1) is 4.43. The van der Waals surface area contributed by atoms with E-state index in [1.165, 1.54) is 0 Å². The maximum Gasteiger partial charge on any atom is 0.460 e. The van der Waals surface area contributed by atoms with Crippen LogP contribution in [0.3, 0.4) is 0 Å². The first-order valence-corrected chi connectivity index (χ1v) is 3.27. The van der Waals surface area contributed by atoms with Crippen molar-refractivity contribution in [3.05, 3.63) is 12.7 Å². The van der Waals surface area contributed by atoms with Gasteiger partial charge in [0.05, 0.1) is 0 Å². The Morgan fingerprint density at radius 3 is 2.67 bits per heavy atom. The zero-order chi connectivity index (χ0) is 6.53. The summed E-state index contributed by atoms with van der Waals surface area (Å²) in [5.41, 5.74) is 0. The Morgan fingerprint density at radius 2 is 2.11 bits per heavy atom. The van der Waals surface area contributed by atoms with Gasteiger partial charge >= 0.3 is 7.12 Å². The van der Waals surface area contributed by atoms with Crippen molar-refractivity contribution in [2.45, 2.75) is 12.7 Å². The molecule has 0 aliphatic carbocycles. The van der Waals surface area contributed by atoms with Gasteiger partial charge in [0, 0.05) is 13.2 Å². The third kappa shape index (κ3) is 2.20. The van der Waals surface area contributed by atoms with E-state index in [1.807, 2.05) is 6.08 Å². The van der Waals surface area contributed by atoms with Crippen molar-refractivity contribution in [3.63, 3.8) is 0 Å². The monoisotopic (exact) mass is 126 g/mol. The van der Waals surface area contributed by atoms with E-state index in [1.54, 1.807) is 0 Å². The van der Waals surface area contributed by atoms with Crippen molar-refractivity contribution in [1.29, 1.82) is 0 Å². The van der Waals surface area contributed by atoms with Gasteiger partial charge in [-0.1, -0.05) is 6.08 Å². The van der Waals surface area contributed by atoms with Crippen LogP contribution in [0.4, 0.5) is 0 Å². The molecule has 50 valence electrons. The number of allylic oxidation sites excluding steroid dienone is 1. The van der Waals surface area contributed by atoms with Crippen molar-refractivity contribution < 1.29 is 9.31 Å². The smallest absolute Gasteiger partial charge is 0.411 e. The molecule has 9 heavy (non-hydrogen) atoms. The summed E-state index contributed by atoms with van der Waals surface area (Å²) in [5, 5.41) is 0. The van der Waals surface area contributed by atoms with Gasteiger partial charge in [-0.15, -0.1) is 6.58 Å². The van der Waals surface area contributed by atoms with Crippen LogP contribution in [0.15, 0.2) is 12.7 Å². The molecule has 1 aliphatic heterocycles. The van der Waals surface area contributed by atoms with Gasteiger partial charge in [-0.25, -0.2) is 0 Å². The Labute approximate surface area is 56.0 Å². The molecule has 0 aromatic heterocycles. The highest BCUT2D eigenvalue weighted by Gasteiger charge is 2.18. The molecule has 1 aliphatic rings. The molecule has 0 bridgehead atoms. The van der Waals surface area contributed by atoms with Crippen LogP contribution in [0.1, 0.15) is 6.42 Å². The molecule has 1 fully saturated rings. The standard InChI is InChI=1S/C6H11BO2/c1-2-4-7-8-5-3-6-9-7/h2H,1,3-6H2. The van der Waals surface area contributed by atoms with Crippen LogP contribution < -0.4 is 0 Å². The minimum Gasteiger partial charge on any atom is -0.411 e. The summed E-state index contributed by atoms with van der Waals surface area (Å²) in [4.78, 5) is 0. The summed E-state index contributed by atoms with van der Waals surface area (Å²) in [7, 11) is -0.0174. The van der Waals surface area contributed by atoms with E-state index in [0.29, 0.717) is 0 Å². The van der Waals surface area contributed by atoms with E-state index in [9.17, 15) is 0 Å². The van der Waals surface area contributed by atoms with Crippen molar-refractivity contribution in [2.75, 3.05) is 13.2 Å². The molecular formula is C6H11BO2. The van der Waals surface area contributed by atoms with Crippen molar-refractivity contribution in [3.8, 4) is 0 Å². The highest BCUT2D eigenvalue weighted by molar-refractivity contribution is 6.45. The lowest BCUT2D eigenvalue weighted by atomic mass is 9.84. The molecule has 0 N–H and O–H groups in total. The van der Waals surface area contributed by atoms with E-state index in [0.717, 1.165) is 26.0 Å². The highest BCUT2D eigenvalue weighted by atomic mass is 16.6. The van der Waals surface area contributed by atoms with Gasteiger partial charge < -0.3 is 9.31 Å². The van der Waals surface area contributed by atoms with Crippen LogP contribution in [-0.2, 0) is 9.31 Å². The largest absolute Gasteiger partial charge is 0.460 e. The van der Waals surface area contributed by atoms with E-state index < -0.39 is 0 Å². The van der Waals surface area contributed by atoms with Gasteiger partial charge in [0.1, 0.15) is 0 Å². The fourth-order valence-electron chi connectivity index (χ4n) is 0.809. The Hall–Kier alpha value is -0.275. The summed E-state index contributed by atoms with van der Waals surface area (Å²) in [6, 6.07) is 0. The second-order valence-corrected chi connectivity index (χ2v) is 2.05. The molecule has 0 spiro atoms. The van der Waals surface area contributed by atoms with Crippen LogP contribution in [0, 0.1) is 0 Å². The van der Waals surface area contributed by atoms with Crippen LogP contribution in [0.2, 0.25) is 6.32 Å². The predicted molar refractivity (Wildman–Crippen MR) is 37.3 cm³/mol.